The summed E-state index contributed by atoms with van der Waals surface area (Å²) in [6.45, 7) is 0. The largest absolute Gasteiger partial charge is 0.493 e. The topological polar surface area (TPSA) is 59.6 Å². The smallest absolute Gasteiger partial charge is 0.416 e. The Balaban J connectivity index is 1.95. The average molecular weight is 487 g/mol. The number of alkyl halides is 3. The number of ether oxygens (including phenoxy) is 2. The SMILES string of the molecule is CNC(=O)[C@H](N[C@H](CCc1cccc(C(F)(F)F)c1)c1ccc(OC)c(OC)c1)c1ccccc1. The average Bonchev–Trinajstić information content (AvgIpc) is 2.88. The predicted molar refractivity (Wildman–Crippen MR) is 128 cm³/mol. The van der Waals surface area contributed by atoms with E-state index < -0.39 is 17.8 Å². The molecule has 3 aromatic rings. The summed E-state index contributed by atoms with van der Waals surface area (Å²) in [5, 5.41) is 6.10. The summed E-state index contributed by atoms with van der Waals surface area (Å²) in [5.41, 5.74) is 1.47. The van der Waals surface area contributed by atoms with Crippen molar-refractivity contribution < 1.29 is 27.4 Å². The first-order chi connectivity index (χ1) is 16.8. The number of carbonyl (C=O) groups is 1. The van der Waals surface area contributed by atoms with Crippen LogP contribution in [-0.2, 0) is 17.4 Å². The predicted octanol–water partition coefficient (Wildman–Crippen LogP) is 5.47. The number of nitrogens with one attached hydrogen (secondary N) is 2. The Bertz CT molecular complexity index is 1120. The Kier molecular flexibility index (Phi) is 8.76. The number of halogens is 3. The van der Waals surface area contributed by atoms with Gasteiger partial charge in [-0.15, -0.1) is 0 Å². The van der Waals surface area contributed by atoms with E-state index in [1.54, 1.807) is 19.2 Å². The zero-order valence-corrected chi connectivity index (χ0v) is 19.9. The minimum Gasteiger partial charge on any atom is -0.493 e. The number of aryl methyl sites for hydroxylation is 1. The molecule has 0 aliphatic heterocycles. The van der Waals surface area contributed by atoms with E-state index in [0.29, 0.717) is 29.9 Å². The van der Waals surface area contributed by atoms with Gasteiger partial charge in [0.1, 0.15) is 6.04 Å². The Morgan fingerprint density at radius 3 is 2.23 bits per heavy atom. The number of rotatable bonds is 10. The number of amides is 1. The second kappa shape index (κ2) is 11.8. The van der Waals surface area contributed by atoms with Gasteiger partial charge >= 0.3 is 6.18 Å². The molecule has 0 saturated heterocycles. The van der Waals surface area contributed by atoms with Gasteiger partial charge in [0.15, 0.2) is 11.5 Å². The van der Waals surface area contributed by atoms with Crippen LogP contribution in [0.1, 0.15) is 40.8 Å². The molecule has 0 bridgehead atoms. The van der Waals surface area contributed by atoms with Crippen molar-refractivity contribution in [3.05, 3.63) is 95.1 Å². The Morgan fingerprint density at radius 2 is 1.60 bits per heavy atom. The third-order valence-electron chi connectivity index (χ3n) is 5.80. The van der Waals surface area contributed by atoms with Crippen LogP contribution in [0.2, 0.25) is 0 Å². The fourth-order valence-electron chi connectivity index (χ4n) is 3.94. The van der Waals surface area contributed by atoms with E-state index in [-0.39, 0.29) is 11.9 Å². The number of carbonyl (C=O) groups excluding carboxylic acids is 1. The monoisotopic (exact) mass is 486 g/mol. The fourth-order valence-corrected chi connectivity index (χ4v) is 3.94. The third kappa shape index (κ3) is 6.76. The van der Waals surface area contributed by atoms with Gasteiger partial charge in [0, 0.05) is 13.1 Å². The van der Waals surface area contributed by atoms with Gasteiger partial charge in [0.2, 0.25) is 5.91 Å². The molecule has 0 heterocycles. The Morgan fingerprint density at radius 1 is 0.886 bits per heavy atom. The van der Waals surface area contributed by atoms with Crippen LogP contribution in [0.15, 0.2) is 72.8 Å². The molecule has 8 heteroatoms. The van der Waals surface area contributed by atoms with Crippen LogP contribution >= 0.6 is 0 Å². The van der Waals surface area contributed by atoms with Crippen molar-refractivity contribution in [2.75, 3.05) is 21.3 Å². The van der Waals surface area contributed by atoms with E-state index in [2.05, 4.69) is 10.6 Å². The Labute approximate surface area is 203 Å². The second-order valence-corrected chi connectivity index (χ2v) is 8.03. The van der Waals surface area contributed by atoms with E-state index in [4.69, 9.17) is 9.47 Å². The first-order valence-corrected chi connectivity index (χ1v) is 11.2. The highest BCUT2D eigenvalue weighted by Gasteiger charge is 2.30. The van der Waals surface area contributed by atoms with E-state index in [0.717, 1.165) is 17.2 Å². The highest BCUT2D eigenvalue weighted by molar-refractivity contribution is 5.83. The summed E-state index contributed by atoms with van der Waals surface area (Å²) in [5.74, 6) is 0.853. The molecule has 1 amide bonds. The zero-order valence-electron chi connectivity index (χ0n) is 19.9. The van der Waals surface area contributed by atoms with Gasteiger partial charge in [0.25, 0.3) is 0 Å². The van der Waals surface area contributed by atoms with Crippen LogP contribution < -0.4 is 20.1 Å². The number of methoxy groups -OCH3 is 2. The molecule has 3 rings (SSSR count). The van der Waals surface area contributed by atoms with Crippen LogP contribution in [0.4, 0.5) is 13.2 Å². The summed E-state index contributed by atoms with van der Waals surface area (Å²) < 4.78 is 50.4. The van der Waals surface area contributed by atoms with Crippen molar-refractivity contribution in [2.45, 2.75) is 31.1 Å². The van der Waals surface area contributed by atoms with Crippen molar-refractivity contribution in [3.63, 3.8) is 0 Å². The van der Waals surface area contributed by atoms with E-state index >= 15 is 0 Å². The zero-order chi connectivity index (χ0) is 25.4. The fraction of sp³-hybridized carbons (Fsp3) is 0.296. The quantitative estimate of drug-likeness (QED) is 0.399. The number of benzene rings is 3. The second-order valence-electron chi connectivity index (χ2n) is 8.03. The van der Waals surface area contributed by atoms with Gasteiger partial charge in [-0.25, -0.2) is 0 Å². The van der Waals surface area contributed by atoms with Crippen molar-refractivity contribution in [2.24, 2.45) is 0 Å². The Hall–Kier alpha value is -3.52. The summed E-state index contributed by atoms with van der Waals surface area (Å²) in [6, 6.07) is 19.0. The van der Waals surface area contributed by atoms with Gasteiger partial charge in [-0.3, -0.25) is 10.1 Å². The molecule has 3 aromatic carbocycles. The number of hydrogen-bond donors (Lipinski definition) is 2. The molecule has 0 aliphatic rings. The van der Waals surface area contributed by atoms with Crippen molar-refractivity contribution in [1.29, 1.82) is 0 Å². The molecule has 35 heavy (non-hydrogen) atoms. The van der Waals surface area contributed by atoms with Crippen molar-refractivity contribution in [3.8, 4) is 11.5 Å². The molecule has 0 saturated carbocycles. The molecule has 0 unspecified atom stereocenters. The van der Waals surface area contributed by atoms with E-state index in [9.17, 15) is 18.0 Å². The minimum atomic E-state index is -4.41. The molecule has 5 nitrogen and oxygen atoms in total. The molecular formula is C27H29F3N2O3. The highest BCUT2D eigenvalue weighted by atomic mass is 19.4. The molecule has 2 atom stereocenters. The van der Waals surface area contributed by atoms with Gasteiger partial charge < -0.3 is 14.8 Å². The maximum absolute atomic E-state index is 13.2. The van der Waals surface area contributed by atoms with Crippen molar-refractivity contribution in [1.82, 2.24) is 10.6 Å². The third-order valence-corrected chi connectivity index (χ3v) is 5.80. The number of likely N-dealkylation sites (N-methyl/N-ethyl adjacent to an activating group) is 1. The molecule has 186 valence electrons. The molecule has 2 N–H and O–H groups in total. The summed E-state index contributed by atoms with van der Waals surface area (Å²) in [6.07, 6.45) is -3.60. The molecular weight excluding hydrogens is 457 g/mol. The highest BCUT2D eigenvalue weighted by Crippen LogP contribution is 2.34. The molecule has 0 aromatic heterocycles. The minimum absolute atomic E-state index is 0.222. The van der Waals surface area contributed by atoms with Gasteiger partial charge in [0.05, 0.1) is 19.8 Å². The first kappa shape index (κ1) is 26.1. The maximum Gasteiger partial charge on any atom is 0.416 e. The molecule has 0 spiro atoms. The van der Waals surface area contributed by atoms with E-state index in [1.807, 2.05) is 42.5 Å². The van der Waals surface area contributed by atoms with Gasteiger partial charge in [-0.2, -0.15) is 13.2 Å². The van der Waals surface area contributed by atoms with E-state index in [1.165, 1.54) is 26.4 Å². The van der Waals surface area contributed by atoms with Gasteiger partial charge in [-0.1, -0.05) is 54.6 Å². The van der Waals surface area contributed by atoms with Crippen LogP contribution in [0.25, 0.3) is 0 Å². The van der Waals surface area contributed by atoms with Crippen LogP contribution in [0.5, 0.6) is 11.5 Å². The van der Waals surface area contributed by atoms with Crippen LogP contribution in [0, 0.1) is 0 Å². The lowest BCUT2D eigenvalue weighted by Gasteiger charge is -2.26. The lowest BCUT2D eigenvalue weighted by atomic mass is 9.95. The van der Waals surface area contributed by atoms with Crippen LogP contribution in [0.3, 0.4) is 0 Å². The lowest BCUT2D eigenvalue weighted by Crippen LogP contribution is -2.38. The van der Waals surface area contributed by atoms with Crippen molar-refractivity contribution >= 4 is 5.91 Å². The normalized spacial score (nSPS) is 13.1. The summed E-state index contributed by atoms with van der Waals surface area (Å²) in [7, 11) is 4.63. The standard InChI is InChI=1S/C27H29F3N2O3/c1-31-26(33)25(19-9-5-4-6-10-19)32-22(20-13-15-23(34-2)24(17-20)35-3)14-12-18-8-7-11-21(16-18)27(28,29)30/h4-11,13,15-17,22,25,32H,12,14H2,1-3H3,(H,31,33)/t22-,25-/m1/s1. The molecule has 0 aliphatic carbocycles. The first-order valence-electron chi connectivity index (χ1n) is 11.2. The molecule has 0 radical (unpaired) electrons. The molecule has 0 fully saturated rings. The van der Waals surface area contributed by atoms with Gasteiger partial charge in [-0.05, 0) is 47.7 Å². The van der Waals surface area contributed by atoms with Crippen LogP contribution in [-0.4, -0.2) is 27.2 Å². The lowest BCUT2D eigenvalue weighted by molar-refractivity contribution is -0.137. The number of hydrogen-bond acceptors (Lipinski definition) is 4. The maximum atomic E-state index is 13.2. The summed E-state index contributed by atoms with van der Waals surface area (Å²) >= 11 is 0. The summed E-state index contributed by atoms with van der Waals surface area (Å²) in [4.78, 5) is 12.8.